The molecule has 0 aromatic heterocycles. The number of carbonyl (C=O) groups excluding carboxylic acids is 1. The molecule has 0 aromatic rings. The second-order valence-corrected chi connectivity index (χ2v) is 17.0. The topological polar surface area (TPSA) is 89.8 Å². The molecule has 4 N–H and O–H groups in total. The van der Waals surface area contributed by atoms with E-state index in [4.69, 9.17) is 0 Å². The number of hydrogen-bond acceptors (Lipinski definition) is 4. The van der Waals surface area contributed by atoms with Crippen molar-refractivity contribution in [1.82, 2.24) is 5.32 Å². The first-order valence-corrected chi connectivity index (χ1v) is 24.8. The van der Waals surface area contributed by atoms with Crippen molar-refractivity contribution in [2.24, 2.45) is 0 Å². The van der Waals surface area contributed by atoms with E-state index in [9.17, 15) is 20.1 Å². The van der Waals surface area contributed by atoms with Gasteiger partial charge in [-0.1, -0.05) is 249 Å². The van der Waals surface area contributed by atoms with Gasteiger partial charge in [0.1, 0.15) is 6.10 Å². The predicted molar refractivity (Wildman–Crippen MR) is 245 cm³/mol. The molecule has 0 saturated heterocycles. The number of allylic oxidation sites excluding steroid dienone is 5. The molecule has 0 spiro atoms. The molecule has 0 rings (SSSR count). The van der Waals surface area contributed by atoms with E-state index in [2.05, 4.69) is 43.5 Å². The molecule has 0 aromatic carbocycles. The highest BCUT2D eigenvalue weighted by atomic mass is 16.3. The minimum Gasteiger partial charge on any atom is -0.394 e. The smallest absolute Gasteiger partial charge is 0.249 e. The van der Waals surface area contributed by atoms with Gasteiger partial charge in [0, 0.05) is 0 Å². The molecule has 5 heteroatoms. The zero-order chi connectivity index (χ0) is 40.8. The molecule has 0 aliphatic carbocycles. The van der Waals surface area contributed by atoms with Gasteiger partial charge in [0.2, 0.25) is 5.91 Å². The number of hydrogen-bond donors (Lipinski definition) is 4. The maximum Gasteiger partial charge on any atom is 0.249 e. The number of nitrogens with one attached hydrogen (secondary N) is 1. The molecule has 3 unspecified atom stereocenters. The minimum absolute atomic E-state index is 0.379. The molecule has 1 amide bonds. The normalized spacial score (nSPS) is 13.7. The van der Waals surface area contributed by atoms with Gasteiger partial charge in [-0.05, 0) is 44.9 Å². The summed E-state index contributed by atoms with van der Waals surface area (Å²) in [6.45, 7) is 4.18. The molecule has 56 heavy (non-hydrogen) atoms. The van der Waals surface area contributed by atoms with Crippen molar-refractivity contribution in [2.45, 2.75) is 276 Å². The number of rotatable bonds is 45. The van der Waals surface area contributed by atoms with E-state index in [-0.39, 0.29) is 6.61 Å². The number of unbranched alkanes of at least 4 members (excludes halogenated alkanes) is 33. The molecule has 0 aliphatic rings. The lowest BCUT2D eigenvalue weighted by Crippen LogP contribution is -2.48. The fraction of sp³-hybridized carbons (Fsp3) is 0.863. The summed E-state index contributed by atoms with van der Waals surface area (Å²) in [4.78, 5) is 12.5. The summed E-state index contributed by atoms with van der Waals surface area (Å²) in [5, 5.41) is 33.2. The first-order valence-electron chi connectivity index (χ1n) is 24.8. The largest absolute Gasteiger partial charge is 0.394 e. The van der Waals surface area contributed by atoms with Crippen LogP contribution in [0.2, 0.25) is 0 Å². The molecule has 0 bridgehead atoms. The van der Waals surface area contributed by atoms with Crippen LogP contribution in [0.25, 0.3) is 0 Å². The summed E-state index contributed by atoms with van der Waals surface area (Å²) in [6, 6.07) is -0.819. The summed E-state index contributed by atoms with van der Waals surface area (Å²) < 4.78 is 0. The van der Waals surface area contributed by atoms with Crippen LogP contribution in [0.5, 0.6) is 0 Å². The van der Waals surface area contributed by atoms with Gasteiger partial charge in [-0.3, -0.25) is 4.79 Å². The maximum atomic E-state index is 12.5. The molecule has 0 aliphatic heterocycles. The molecule has 0 fully saturated rings. The Kier molecular flexibility index (Phi) is 45.1. The highest BCUT2D eigenvalue weighted by molar-refractivity contribution is 5.80. The minimum atomic E-state index is -1.11. The number of amides is 1. The van der Waals surface area contributed by atoms with E-state index in [1.807, 2.05) is 6.08 Å². The van der Waals surface area contributed by atoms with Crippen molar-refractivity contribution >= 4 is 5.91 Å². The van der Waals surface area contributed by atoms with E-state index in [0.29, 0.717) is 6.42 Å². The van der Waals surface area contributed by atoms with Crippen molar-refractivity contribution in [2.75, 3.05) is 6.61 Å². The lowest BCUT2D eigenvalue weighted by atomic mass is 10.0. The first kappa shape index (κ1) is 54.6. The average Bonchev–Trinajstić information content (AvgIpc) is 3.20. The quantitative estimate of drug-likeness (QED) is 0.0365. The van der Waals surface area contributed by atoms with E-state index >= 15 is 0 Å². The molecule has 0 saturated carbocycles. The third-order valence-corrected chi connectivity index (χ3v) is 11.5. The lowest BCUT2D eigenvalue weighted by Gasteiger charge is -2.21. The van der Waals surface area contributed by atoms with Gasteiger partial charge in [0.15, 0.2) is 0 Å². The van der Waals surface area contributed by atoms with Gasteiger partial charge >= 0.3 is 0 Å². The highest BCUT2D eigenvalue weighted by Gasteiger charge is 2.22. The summed E-state index contributed by atoms with van der Waals surface area (Å²) >= 11 is 0. The molecular weight excluding hydrogens is 691 g/mol. The third-order valence-electron chi connectivity index (χ3n) is 11.5. The van der Waals surface area contributed by atoms with E-state index < -0.39 is 24.2 Å². The van der Waals surface area contributed by atoms with Crippen LogP contribution in [0, 0.1) is 0 Å². The van der Waals surface area contributed by atoms with Crippen LogP contribution in [0.3, 0.4) is 0 Å². The van der Waals surface area contributed by atoms with E-state index in [0.717, 1.165) is 44.9 Å². The summed E-state index contributed by atoms with van der Waals surface area (Å²) in [5.41, 5.74) is 0. The van der Waals surface area contributed by atoms with Crippen molar-refractivity contribution in [3.8, 4) is 0 Å². The number of aliphatic hydroxyl groups is 3. The van der Waals surface area contributed by atoms with Crippen LogP contribution >= 0.6 is 0 Å². The van der Waals surface area contributed by atoms with Crippen LogP contribution in [0.1, 0.15) is 258 Å². The second-order valence-electron chi connectivity index (χ2n) is 17.0. The Morgan fingerprint density at radius 3 is 1.09 bits per heavy atom. The Balaban J connectivity index is 3.63. The van der Waals surface area contributed by atoms with Gasteiger partial charge in [-0.25, -0.2) is 0 Å². The Morgan fingerprint density at radius 2 is 0.732 bits per heavy atom. The van der Waals surface area contributed by atoms with Gasteiger partial charge in [-0.2, -0.15) is 0 Å². The maximum absolute atomic E-state index is 12.5. The van der Waals surface area contributed by atoms with Crippen LogP contribution < -0.4 is 5.32 Å². The Hall–Kier alpha value is -1.43. The fourth-order valence-corrected chi connectivity index (χ4v) is 7.57. The summed E-state index contributed by atoms with van der Waals surface area (Å²) in [5.74, 6) is -0.514. The fourth-order valence-electron chi connectivity index (χ4n) is 7.57. The Bertz CT molecular complexity index is 870. The molecule has 5 nitrogen and oxygen atoms in total. The standard InChI is InChI=1S/C51H97NO4/c1-3-5-7-9-11-13-15-17-19-21-22-23-24-25-26-27-28-30-32-34-36-38-40-42-44-46-50(55)51(56)52-48(47-53)49(54)45-43-41-39-37-35-33-31-29-20-18-16-14-12-10-8-6-4-2/h20,29,35,37,43,45,48-50,53-55H,3-19,21-28,30-34,36,38-42,44,46-47H2,1-2H3,(H,52,56)/b29-20+,37-35+,45-43+. The Morgan fingerprint density at radius 1 is 0.429 bits per heavy atom. The molecule has 3 atom stereocenters. The third kappa shape index (κ3) is 40.8. The van der Waals surface area contributed by atoms with Crippen molar-refractivity contribution in [3.05, 3.63) is 36.5 Å². The second kappa shape index (κ2) is 46.3. The molecule has 330 valence electrons. The molecule has 0 radical (unpaired) electrons. The number of aliphatic hydroxyl groups excluding tert-OH is 3. The lowest BCUT2D eigenvalue weighted by molar-refractivity contribution is -0.131. The van der Waals surface area contributed by atoms with Gasteiger partial charge < -0.3 is 20.6 Å². The SMILES string of the molecule is CCCCCCCCC/C=C/CC/C=C/CC/C=C/C(O)C(CO)NC(=O)C(O)CCCCCCCCCCCCCCCCCCCCCCCCCCC. The summed E-state index contributed by atoms with van der Waals surface area (Å²) in [7, 11) is 0. The van der Waals surface area contributed by atoms with Crippen LogP contribution in [0.15, 0.2) is 36.5 Å². The number of carbonyl (C=O) groups is 1. The van der Waals surface area contributed by atoms with Crippen LogP contribution in [0.4, 0.5) is 0 Å². The molecule has 0 heterocycles. The van der Waals surface area contributed by atoms with Crippen molar-refractivity contribution in [1.29, 1.82) is 0 Å². The first-order chi connectivity index (χ1) is 27.6. The zero-order valence-electron chi connectivity index (χ0n) is 37.5. The van der Waals surface area contributed by atoms with Gasteiger partial charge in [0.25, 0.3) is 0 Å². The van der Waals surface area contributed by atoms with E-state index in [1.54, 1.807) is 6.08 Å². The summed E-state index contributed by atoms with van der Waals surface area (Å²) in [6.07, 6.45) is 59.1. The highest BCUT2D eigenvalue weighted by Crippen LogP contribution is 2.17. The monoisotopic (exact) mass is 788 g/mol. The average molecular weight is 788 g/mol. The van der Waals surface area contributed by atoms with Crippen molar-refractivity contribution < 1.29 is 20.1 Å². The zero-order valence-corrected chi connectivity index (χ0v) is 37.5. The van der Waals surface area contributed by atoms with Crippen LogP contribution in [-0.2, 0) is 4.79 Å². The predicted octanol–water partition coefficient (Wildman–Crippen LogP) is 14.7. The van der Waals surface area contributed by atoms with Crippen molar-refractivity contribution in [3.63, 3.8) is 0 Å². The van der Waals surface area contributed by atoms with Gasteiger partial charge in [-0.15, -0.1) is 0 Å². The van der Waals surface area contributed by atoms with E-state index in [1.165, 1.54) is 193 Å². The Labute approximate surface area is 349 Å². The molecular formula is C51H97NO4. The van der Waals surface area contributed by atoms with Gasteiger partial charge in [0.05, 0.1) is 18.8 Å². The van der Waals surface area contributed by atoms with Crippen LogP contribution in [-0.4, -0.2) is 46.1 Å².